The van der Waals surface area contributed by atoms with Crippen molar-refractivity contribution < 1.29 is 28.9 Å². The van der Waals surface area contributed by atoms with Gasteiger partial charge in [0.05, 0.1) is 32.9 Å². The van der Waals surface area contributed by atoms with Gasteiger partial charge in [-0.15, -0.1) is 10.2 Å². The van der Waals surface area contributed by atoms with Crippen molar-refractivity contribution in [2.45, 2.75) is 16.1 Å². The molecule has 0 radical (unpaired) electrons. The monoisotopic (exact) mass is 635 g/mol. The molecule has 5 rings (SSSR count). The van der Waals surface area contributed by atoms with E-state index in [0.717, 1.165) is 11.1 Å². The second-order valence-corrected chi connectivity index (χ2v) is 11.8. The maximum Gasteiger partial charge on any atom is 0.296 e. The van der Waals surface area contributed by atoms with Crippen LogP contribution < -0.4 is 19.1 Å². The number of aromatic nitrogens is 2. The van der Waals surface area contributed by atoms with Crippen molar-refractivity contribution in [1.82, 2.24) is 10.2 Å². The fourth-order valence-electron chi connectivity index (χ4n) is 4.54. The average molecular weight is 636 g/mol. The van der Waals surface area contributed by atoms with Crippen molar-refractivity contribution in [2.24, 2.45) is 0 Å². The smallest absolute Gasteiger partial charge is 0.296 e. The number of ketones is 1. The Hall–Kier alpha value is -4.32. The number of allylic oxidation sites excluding steroid dienone is 1. The number of rotatable bonds is 11. The molecule has 1 aliphatic heterocycles. The number of benzene rings is 3. The number of carbonyl (C=O) groups is 2. The zero-order chi connectivity index (χ0) is 30.5. The van der Waals surface area contributed by atoms with Gasteiger partial charge in [0.1, 0.15) is 0 Å². The first-order valence-electron chi connectivity index (χ1n) is 12.9. The summed E-state index contributed by atoms with van der Waals surface area (Å²) >= 11 is 8.61. The van der Waals surface area contributed by atoms with Crippen molar-refractivity contribution in [3.05, 3.63) is 106 Å². The number of hydrogen-bond acceptors (Lipinski definition) is 10. The van der Waals surface area contributed by atoms with Crippen LogP contribution in [0, 0.1) is 0 Å². The molecule has 2 heterocycles. The third kappa shape index (κ3) is 6.38. The van der Waals surface area contributed by atoms with Gasteiger partial charge in [-0.2, -0.15) is 0 Å². The Labute approximate surface area is 261 Å². The number of ether oxygens (including phenoxy) is 3. The Morgan fingerprint density at radius 2 is 1.70 bits per heavy atom. The largest absolute Gasteiger partial charge is 0.503 e. The number of methoxy groups -OCH3 is 3. The van der Waals surface area contributed by atoms with Gasteiger partial charge in [0.25, 0.3) is 5.91 Å². The minimum absolute atomic E-state index is 0.114. The van der Waals surface area contributed by atoms with Gasteiger partial charge >= 0.3 is 0 Å². The van der Waals surface area contributed by atoms with E-state index in [9.17, 15) is 14.7 Å². The molecule has 0 fully saturated rings. The molecule has 1 unspecified atom stereocenters. The molecule has 1 atom stereocenters. The lowest BCUT2D eigenvalue weighted by Crippen LogP contribution is -2.31. The molecule has 1 amide bonds. The summed E-state index contributed by atoms with van der Waals surface area (Å²) in [7, 11) is 4.41. The molecule has 4 aromatic rings. The molecular weight excluding hydrogens is 610 g/mol. The highest BCUT2D eigenvalue weighted by molar-refractivity contribution is 8.00. The van der Waals surface area contributed by atoms with Crippen LogP contribution in [0.15, 0.2) is 88.5 Å². The molecule has 43 heavy (non-hydrogen) atoms. The second-order valence-electron chi connectivity index (χ2n) is 9.17. The quantitative estimate of drug-likeness (QED) is 0.109. The number of aliphatic hydroxyl groups is 1. The highest BCUT2D eigenvalue weighted by Gasteiger charge is 2.46. The summed E-state index contributed by atoms with van der Waals surface area (Å²) < 4.78 is 17.1. The molecule has 0 aliphatic carbocycles. The number of nitrogens with zero attached hydrogens (tertiary/aromatic N) is 3. The molecule has 1 aromatic heterocycles. The van der Waals surface area contributed by atoms with Crippen LogP contribution in [0.25, 0.3) is 6.08 Å². The average Bonchev–Trinajstić information content (AvgIpc) is 3.60. The minimum Gasteiger partial charge on any atom is -0.503 e. The minimum atomic E-state index is -1.06. The van der Waals surface area contributed by atoms with Crippen molar-refractivity contribution in [3.8, 4) is 17.2 Å². The summed E-state index contributed by atoms with van der Waals surface area (Å²) in [6.07, 6.45) is 2.95. The third-order valence-corrected chi connectivity index (χ3v) is 8.96. The maximum absolute atomic E-state index is 13.6. The molecule has 12 heteroatoms. The molecular formula is C31H26ClN3O6S2. The van der Waals surface area contributed by atoms with E-state index >= 15 is 0 Å². The Morgan fingerprint density at radius 1 is 1.02 bits per heavy atom. The normalized spacial score (nSPS) is 14.9. The van der Waals surface area contributed by atoms with Gasteiger partial charge in [0.2, 0.25) is 10.9 Å². The fraction of sp³-hybridized carbons (Fsp3) is 0.161. The first-order valence-corrected chi connectivity index (χ1v) is 15.1. The summed E-state index contributed by atoms with van der Waals surface area (Å²) in [6, 6.07) is 18.9. The summed E-state index contributed by atoms with van der Waals surface area (Å²) in [5, 5.41) is 20.5. The van der Waals surface area contributed by atoms with E-state index in [0.29, 0.717) is 37.9 Å². The number of amides is 1. The van der Waals surface area contributed by atoms with Crippen molar-refractivity contribution in [2.75, 3.05) is 26.2 Å². The molecule has 9 nitrogen and oxygen atoms in total. The van der Waals surface area contributed by atoms with Crippen molar-refractivity contribution in [1.29, 1.82) is 0 Å². The van der Waals surface area contributed by atoms with Crippen molar-refractivity contribution >= 4 is 57.6 Å². The van der Waals surface area contributed by atoms with Gasteiger partial charge in [0, 0.05) is 10.8 Å². The maximum atomic E-state index is 13.6. The van der Waals surface area contributed by atoms with Crippen LogP contribution in [-0.4, -0.2) is 48.3 Å². The molecule has 0 spiro atoms. The molecule has 0 bridgehead atoms. The molecule has 220 valence electrons. The van der Waals surface area contributed by atoms with Crippen LogP contribution in [0.1, 0.15) is 22.7 Å². The van der Waals surface area contributed by atoms with E-state index in [-0.39, 0.29) is 10.7 Å². The number of carbonyl (C=O) groups excluding carboxylic acids is 2. The van der Waals surface area contributed by atoms with Gasteiger partial charge in [-0.3, -0.25) is 14.5 Å². The van der Waals surface area contributed by atoms with Crippen LogP contribution in [0.3, 0.4) is 0 Å². The van der Waals surface area contributed by atoms with Gasteiger partial charge in [0.15, 0.2) is 27.4 Å². The summed E-state index contributed by atoms with van der Waals surface area (Å²) in [4.78, 5) is 28.5. The highest BCUT2D eigenvalue weighted by atomic mass is 35.5. The van der Waals surface area contributed by atoms with Crippen LogP contribution >= 0.6 is 34.7 Å². The number of hydrogen-bond donors (Lipinski definition) is 1. The second kappa shape index (κ2) is 13.3. The number of halogens is 1. The van der Waals surface area contributed by atoms with Crippen molar-refractivity contribution in [3.63, 3.8) is 0 Å². The number of thioether (sulfide) groups is 1. The Morgan fingerprint density at radius 3 is 2.33 bits per heavy atom. The van der Waals surface area contributed by atoms with Crippen LogP contribution in [0.5, 0.6) is 17.2 Å². The van der Waals surface area contributed by atoms with E-state index in [4.69, 9.17) is 25.8 Å². The standard InChI is InChI=1S/C31H26ClN3O6S2/c1-39-23-15-20(16-24(40-2)28(23)41-3)26-25(22(36)14-11-18-7-5-4-6-8-18)27(37)29(38)35(26)30-33-34-31(43-30)42-17-19-9-12-21(32)13-10-19/h4-16,26,37H,17H2,1-3H3/b14-11+. The van der Waals surface area contributed by atoms with Crippen LogP contribution in [0.4, 0.5) is 5.13 Å². The first-order chi connectivity index (χ1) is 20.8. The van der Waals surface area contributed by atoms with Gasteiger partial charge in [-0.05, 0) is 47.0 Å². The third-order valence-electron chi connectivity index (χ3n) is 6.58. The predicted molar refractivity (Wildman–Crippen MR) is 167 cm³/mol. The predicted octanol–water partition coefficient (Wildman–Crippen LogP) is 6.69. The molecule has 3 aromatic carbocycles. The van der Waals surface area contributed by atoms with Gasteiger partial charge in [-0.25, -0.2) is 0 Å². The van der Waals surface area contributed by atoms with E-state index < -0.39 is 23.5 Å². The SMILES string of the molecule is COc1cc(C2C(C(=O)/C=C/c3ccccc3)=C(O)C(=O)N2c2nnc(SCc3ccc(Cl)cc3)s2)cc(OC)c1OC. The number of aliphatic hydroxyl groups excluding tert-OH is 1. The van der Waals surface area contributed by atoms with E-state index in [2.05, 4.69) is 10.2 Å². The zero-order valence-corrected chi connectivity index (χ0v) is 25.7. The lowest BCUT2D eigenvalue weighted by molar-refractivity contribution is -0.117. The first kappa shape index (κ1) is 30.1. The molecule has 1 aliphatic rings. The van der Waals surface area contributed by atoms with E-state index in [1.807, 2.05) is 54.6 Å². The van der Waals surface area contributed by atoms with Crippen LogP contribution in [0.2, 0.25) is 5.02 Å². The molecule has 1 N–H and O–H groups in total. The van der Waals surface area contributed by atoms with Crippen LogP contribution in [-0.2, 0) is 15.3 Å². The Bertz CT molecular complexity index is 1680. The highest BCUT2D eigenvalue weighted by Crippen LogP contribution is 2.47. The van der Waals surface area contributed by atoms with Gasteiger partial charge in [-0.1, -0.05) is 83.2 Å². The lowest BCUT2D eigenvalue weighted by atomic mass is 9.95. The fourth-order valence-corrected chi connectivity index (χ4v) is 6.49. The molecule has 0 saturated heterocycles. The summed E-state index contributed by atoms with van der Waals surface area (Å²) in [6.45, 7) is 0. The van der Waals surface area contributed by atoms with E-state index in [1.54, 1.807) is 18.2 Å². The summed E-state index contributed by atoms with van der Waals surface area (Å²) in [5.74, 6) is -0.414. The lowest BCUT2D eigenvalue weighted by Gasteiger charge is -2.25. The Balaban J connectivity index is 1.54. The topological polar surface area (TPSA) is 111 Å². The zero-order valence-electron chi connectivity index (χ0n) is 23.3. The number of anilines is 1. The summed E-state index contributed by atoms with van der Waals surface area (Å²) in [5.41, 5.74) is 2.15. The van der Waals surface area contributed by atoms with E-state index in [1.165, 1.54) is 55.4 Å². The molecule has 0 saturated carbocycles. The van der Waals surface area contributed by atoms with Gasteiger partial charge < -0.3 is 19.3 Å². The Kier molecular flexibility index (Phi) is 9.34.